The van der Waals surface area contributed by atoms with Gasteiger partial charge in [-0.05, 0) is 24.6 Å². The summed E-state index contributed by atoms with van der Waals surface area (Å²) in [6.45, 7) is 1.87. The zero-order valence-electron chi connectivity index (χ0n) is 10.2. The van der Waals surface area contributed by atoms with E-state index in [1.807, 2.05) is 6.92 Å². The second kappa shape index (κ2) is 5.21. The van der Waals surface area contributed by atoms with Gasteiger partial charge >= 0.3 is 0 Å². The van der Waals surface area contributed by atoms with Gasteiger partial charge in [-0.2, -0.15) is 0 Å². The molecule has 0 aliphatic heterocycles. The Morgan fingerprint density at radius 2 is 1.95 bits per heavy atom. The highest BCUT2D eigenvalue weighted by Crippen LogP contribution is 2.16. The number of rotatable bonds is 4. The highest BCUT2D eigenvalue weighted by atomic mass is 32.2. The lowest BCUT2D eigenvalue weighted by Gasteiger charge is -2.08. The number of anilines is 2. The van der Waals surface area contributed by atoms with E-state index in [1.54, 1.807) is 18.3 Å². The summed E-state index contributed by atoms with van der Waals surface area (Å²) >= 11 is 0. The maximum absolute atomic E-state index is 12.1. The molecule has 0 aromatic carbocycles. The molecular weight excluding hydrogens is 266 g/mol. The van der Waals surface area contributed by atoms with Crippen LogP contribution < -0.4 is 16.0 Å². The first-order chi connectivity index (χ1) is 9.01. The number of nitrogens with one attached hydrogen (secondary N) is 2. The van der Waals surface area contributed by atoms with Crippen molar-refractivity contribution in [3.8, 4) is 0 Å². The average molecular weight is 279 g/mol. The molecule has 0 radical (unpaired) electrons. The van der Waals surface area contributed by atoms with E-state index in [9.17, 15) is 8.42 Å². The van der Waals surface area contributed by atoms with Crippen molar-refractivity contribution < 1.29 is 8.42 Å². The van der Waals surface area contributed by atoms with Crippen molar-refractivity contribution in [3.05, 3.63) is 42.2 Å². The maximum Gasteiger partial charge on any atom is 0.263 e. The first-order valence-corrected chi connectivity index (χ1v) is 6.88. The Morgan fingerprint density at radius 1 is 1.16 bits per heavy atom. The van der Waals surface area contributed by atoms with Crippen molar-refractivity contribution in [2.45, 2.75) is 11.8 Å². The van der Waals surface area contributed by atoms with E-state index in [0.29, 0.717) is 0 Å². The van der Waals surface area contributed by atoms with Gasteiger partial charge in [0.2, 0.25) is 0 Å². The van der Waals surface area contributed by atoms with Crippen LogP contribution in [-0.2, 0) is 10.0 Å². The molecule has 0 spiro atoms. The summed E-state index contributed by atoms with van der Waals surface area (Å²) in [6.07, 6.45) is 2.93. The van der Waals surface area contributed by atoms with Crippen LogP contribution >= 0.6 is 0 Å². The topological polar surface area (TPSA) is 110 Å². The van der Waals surface area contributed by atoms with Gasteiger partial charge in [-0.15, -0.1) is 0 Å². The fourth-order valence-corrected chi connectivity index (χ4v) is 2.40. The lowest BCUT2D eigenvalue weighted by Crippen LogP contribution is -2.15. The van der Waals surface area contributed by atoms with E-state index in [0.717, 1.165) is 5.56 Å². The molecular formula is C11H13N5O2S. The van der Waals surface area contributed by atoms with Crippen LogP contribution in [0.25, 0.3) is 0 Å². The summed E-state index contributed by atoms with van der Waals surface area (Å²) in [5.74, 6) is 5.71. The molecule has 0 aliphatic carbocycles. The molecule has 0 unspecified atom stereocenters. The van der Waals surface area contributed by atoms with E-state index in [1.165, 1.54) is 18.3 Å². The van der Waals surface area contributed by atoms with Crippen molar-refractivity contribution in [2.24, 2.45) is 5.84 Å². The molecule has 2 aromatic heterocycles. The van der Waals surface area contributed by atoms with E-state index in [-0.39, 0.29) is 16.5 Å². The SMILES string of the molecule is Cc1ccc(NS(=O)(=O)c2ccnc(NN)c2)nc1. The number of pyridine rings is 2. The highest BCUT2D eigenvalue weighted by molar-refractivity contribution is 7.92. The van der Waals surface area contributed by atoms with Gasteiger partial charge < -0.3 is 5.43 Å². The van der Waals surface area contributed by atoms with E-state index in [2.05, 4.69) is 20.1 Å². The second-order valence-electron chi connectivity index (χ2n) is 3.85. The Balaban J connectivity index is 2.29. The normalized spacial score (nSPS) is 11.1. The van der Waals surface area contributed by atoms with Crippen LogP contribution in [0.3, 0.4) is 0 Å². The minimum absolute atomic E-state index is 0.0535. The minimum atomic E-state index is -3.71. The second-order valence-corrected chi connectivity index (χ2v) is 5.53. The predicted molar refractivity (Wildman–Crippen MR) is 71.8 cm³/mol. The van der Waals surface area contributed by atoms with Gasteiger partial charge in [0.25, 0.3) is 10.0 Å². The molecule has 4 N–H and O–H groups in total. The van der Waals surface area contributed by atoms with Crippen molar-refractivity contribution in [1.82, 2.24) is 9.97 Å². The number of hydrazine groups is 1. The van der Waals surface area contributed by atoms with Gasteiger partial charge in [0.05, 0.1) is 4.90 Å². The van der Waals surface area contributed by atoms with Crippen LogP contribution in [0.1, 0.15) is 5.56 Å². The van der Waals surface area contributed by atoms with Crippen LogP contribution in [0.2, 0.25) is 0 Å². The zero-order valence-corrected chi connectivity index (χ0v) is 11.0. The van der Waals surface area contributed by atoms with Crippen LogP contribution in [0.15, 0.2) is 41.6 Å². The van der Waals surface area contributed by atoms with Crippen LogP contribution in [0, 0.1) is 6.92 Å². The van der Waals surface area contributed by atoms with Crippen LogP contribution in [-0.4, -0.2) is 18.4 Å². The molecule has 0 fully saturated rings. The Bertz CT molecular complexity index is 670. The van der Waals surface area contributed by atoms with Crippen LogP contribution in [0.4, 0.5) is 11.6 Å². The third kappa shape index (κ3) is 3.18. The molecule has 0 atom stereocenters. The largest absolute Gasteiger partial charge is 0.308 e. The Morgan fingerprint density at radius 3 is 2.58 bits per heavy atom. The van der Waals surface area contributed by atoms with E-state index < -0.39 is 10.0 Å². The lowest BCUT2D eigenvalue weighted by atomic mass is 10.3. The molecule has 100 valence electrons. The smallest absolute Gasteiger partial charge is 0.263 e. The molecule has 2 rings (SSSR count). The lowest BCUT2D eigenvalue weighted by molar-refractivity contribution is 0.601. The molecule has 0 bridgehead atoms. The van der Waals surface area contributed by atoms with Gasteiger partial charge in [-0.3, -0.25) is 4.72 Å². The Hall–Kier alpha value is -2.19. The van der Waals surface area contributed by atoms with Crippen LogP contribution in [0.5, 0.6) is 0 Å². The number of nitrogen functional groups attached to an aromatic ring is 1. The molecule has 0 saturated heterocycles. The van der Waals surface area contributed by atoms with Crippen molar-refractivity contribution in [1.29, 1.82) is 0 Å². The standard InChI is InChI=1S/C11H13N5O2S/c1-8-2-3-10(14-7-8)16-19(17,18)9-4-5-13-11(6-9)15-12/h2-7H,12H2,1H3,(H,13,15)(H,14,16). The fraction of sp³-hybridized carbons (Fsp3) is 0.0909. The summed E-state index contributed by atoms with van der Waals surface area (Å²) in [6, 6.07) is 6.06. The maximum atomic E-state index is 12.1. The molecule has 2 heterocycles. The summed E-state index contributed by atoms with van der Waals surface area (Å²) in [4.78, 5) is 7.88. The average Bonchev–Trinajstić information content (AvgIpc) is 2.41. The highest BCUT2D eigenvalue weighted by Gasteiger charge is 2.15. The summed E-state index contributed by atoms with van der Waals surface area (Å²) in [5, 5.41) is 0. The number of nitrogens with two attached hydrogens (primary N) is 1. The number of hydrogen-bond acceptors (Lipinski definition) is 6. The number of sulfonamides is 1. The first kappa shape index (κ1) is 13.2. The van der Waals surface area contributed by atoms with Crippen molar-refractivity contribution >= 4 is 21.7 Å². The quantitative estimate of drug-likeness (QED) is 0.566. The number of hydrogen-bond donors (Lipinski definition) is 3. The minimum Gasteiger partial charge on any atom is -0.308 e. The van der Waals surface area contributed by atoms with Crippen molar-refractivity contribution in [3.63, 3.8) is 0 Å². The van der Waals surface area contributed by atoms with Gasteiger partial charge in [-0.25, -0.2) is 24.2 Å². The monoisotopic (exact) mass is 279 g/mol. The zero-order chi connectivity index (χ0) is 13.9. The molecule has 8 heteroatoms. The van der Waals surface area contributed by atoms with Gasteiger partial charge in [0, 0.05) is 18.5 Å². The van der Waals surface area contributed by atoms with Gasteiger partial charge in [-0.1, -0.05) is 6.07 Å². The molecule has 0 amide bonds. The van der Waals surface area contributed by atoms with Gasteiger partial charge in [0.1, 0.15) is 11.6 Å². The summed E-state index contributed by atoms with van der Waals surface area (Å²) < 4.78 is 26.6. The number of nitrogens with zero attached hydrogens (tertiary/aromatic N) is 2. The number of aromatic nitrogens is 2. The van der Waals surface area contributed by atoms with Crippen molar-refractivity contribution in [2.75, 3.05) is 10.1 Å². The molecule has 7 nitrogen and oxygen atoms in total. The molecule has 0 aliphatic rings. The summed E-state index contributed by atoms with van der Waals surface area (Å²) in [7, 11) is -3.71. The van der Waals surface area contributed by atoms with Gasteiger partial charge in [0.15, 0.2) is 0 Å². The van der Waals surface area contributed by atoms with E-state index >= 15 is 0 Å². The van der Waals surface area contributed by atoms with E-state index in [4.69, 9.17) is 5.84 Å². The summed E-state index contributed by atoms with van der Waals surface area (Å²) in [5.41, 5.74) is 3.24. The Labute approximate surface area is 110 Å². The predicted octanol–water partition coefficient (Wildman–Crippen LogP) is 0.871. The molecule has 19 heavy (non-hydrogen) atoms. The molecule has 2 aromatic rings. The third-order valence-corrected chi connectivity index (χ3v) is 3.69. The Kier molecular flexibility index (Phi) is 3.63. The number of aryl methyl sites for hydroxylation is 1. The first-order valence-electron chi connectivity index (χ1n) is 5.39. The third-order valence-electron chi connectivity index (χ3n) is 2.34. The fourth-order valence-electron chi connectivity index (χ4n) is 1.38. The molecule has 0 saturated carbocycles.